The molecule has 2 heterocycles. The smallest absolute Gasteiger partial charge is 0.220 e. The Balaban J connectivity index is 1.53. The van der Waals surface area contributed by atoms with Gasteiger partial charge < -0.3 is 10.1 Å². The van der Waals surface area contributed by atoms with Gasteiger partial charge in [0.1, 0.15) is 0 Å². The van der Waals surface area contributed by atoms with Gasteiger partial charge in [0, 0.05) is 38.4 Å². The van der Waals surface area contributed by atoms with Crippen LogP contribution in [0.3, 0.4) is 0 Å². The van der Waals surface area contributed by atoms with Crippen molar-refractivity contribution < 1.29 is 9.53 Å². The number of aromatic nitrogens is 1. The fraction of sp³-hybridized carbons (Fsp3) is 0.455. The number of rotatable bonds is 8. The largest absolute Gasteiger partial charge is 0.379 e. The normalized spacial score (nSPS) is 16.0. The lowest BCUT2D eigenvalue weighted by Crippen LogP contribution is -2.43. The summed E-state index contributed by atoms with van der Waals surface area (Å²) in [5.74, 6) is 0.116. The highest BCUT2D eigenvalue weighted by molar-refractivity contribution is 5.75. The molecule has 1 aromatic heterocycles. The fourth-order valence-electron chi connectivity index (χ4n) is 3.52. The van der Waals surface area contributed by atoms with Gasteiger partial charge in [0.2, 0.25) is 5.91 Å². The van der Waals surface area contributed by atoms with Crippen LogP contribution in [0.2, 0.25) is 0 Å². The van der Waals surface area contributed by atoms with Gasteiger partial charge in [0.15, 0.2) is 0 Å². The summed E-state index contributed by atoms with van der Waals surface area (Å²) < 4.78 is 5.50. The average Bonchev–Trinajstić information content (AvgIpc) is 2.70. The predicted octanol–water partition coefficient (Wildman–Crippen LogP) is 2.90. The summed E-state index contributed by atoms with van der Waals surface area (Å²) in [6, 6.07) is 12.7. The number of hydrogen-bond acceptors (Lipinski definition) is 4. The summed E-state index contributed by atoms with van der Waals surface area (Å²) in [6.45, 7) is 6.04. The third kappa shape index (κ3) is 6.15. The summed E-state index contributed by atoms with van der Waals surface area (Å²) in [5, 5.41) is 3.15. The van der Waals surface area contributed by atoms with E-state index in [9.17, 15) is 4.79 Å². The number of nitrogens with zero attached hydrogens (tertiary/aromatic N) is 2. The number of aryl methyl sites for hydroxylation is 2. The summed E-state index contributed by atoms with van der Waals surface area (Å²) in [4.78, 5) is 18.9. The van der Waals surface area contributed by atoms with E-state index in [0.717, 1.165) is 39.1 Å². The van der Waals surface area contributed by atoms with Gasteiger partial charge >= 0.3 is 0 Å². The Morgan fingerprint density at radius 3 is 2.85 bits per heavy atom. The lowest BCUT2D eigenvalue weighted by atomic mass is 10.0. The van der Waals surface area contributed by atoms with E-state index in [1.54, 1.807) is 6.20 Å². The minimum absolute atomic E-state index is 0.116. The van der Waals surface area contributed by atoms with Gasteiger partial charge in [-0.05, 0) is 37.0 Å². The molecule has 0 aliphatic carbocycles. The van der Waals surface area contributed by atoms with Crippen LogP contribution in [-0.4, -0.2) is 48.6 Å². The van der Waals surface area contributed by atoms with Gasteiger partial charge in [0.05, 0.1) is 19.3 Å². The molecule has 1 unspecified atom stereocenters. The van der Waals surface area contributed by atoms with Crippen molar-refractivity contribution >= 4 is 5.91 Å². The zero-order valence-electron chi connectivity index (χ0n) is 16.1. The summed E-state index contributed by atoms with van der Waals surface area (Å²) >= 11 is 0. The highest BCUT2D eigenvalue weighted by Crippen LogP contribution is 2.22. The molecule has 2 aromatic rings. The van der Waals surface area contributed by atoms with Crippen molar-refractivity contribution in [2.45, 2.75) is 32.2 Å². The maximum absolute atomic E-state index is 12.3. The molecule has 5 heteroatoms. The van der Waals surface area contributed by atoms with E-state index in [4.69, 9.17) is 4.74 Å². The monoisotopic (exact) mass is 367 g/mol. The lowest BCUT2D eigenvalue weighted by molar-refractivity contribution is -0.121. The van der Waals surface area contributed by atoms with Crippen LogP contribution in [0, 0.1) is 6.92 Å². The Labute approximate surface area is 161 Å². The second-order valence-corrected chi connectivity index (χ2v) is 7.10. The van der Waals surface area contributed by atoms with Crippen molar-refractivity contribution in [1.29, 1.82) is 0 Å². The number of ether oxygens (including phenoxy) is 1. The van der Waals surface area contributed by atoms with Crippen molar-refractivity contribution in [2.75, 3.05) is 32.8 Å². The predicted molar refractivity (Wildman–Crippen MR) is 106 cm³/mol. The van der Waals surface area contributed by atoms with Crippen LogP contribution in [0.5, 0.6) is 0 Å². The Morgan fingerprint density at radius 2 is 2.11 bits per heavy atom. The molecular formula is C22H29N3O2. The lowest BCUT2D eigenvalue weighted by Gasteiger charge is -2.35. The first-order chi connectivity index (χ1) is 13.2. The second kappa shape index (κ2) is 10.2. The molecule has 3 rings (SSSR count). The Morgan fingerprint density at radius 1 is 1.26 bits per heavy atom. The molecule has 27 heavy (non-hydrogen) atoms. The molecular weight excluding hydrogens is 338 g/mol. The van der Waals surface area contributed by atoms with E-state index in [2.05, 4.69) is 52.5 Å². The molecule has 1 fully saturated rings. The Kier molecular flexibility index (Phi) is 7.36. The molecule has 1 atom stereocenters. The molecule has 1 N–H and O–H groups in total. The molecule has 1 saturated heterocycles. The van der Waals surface area contributed by atoms with Gasteiger partial charge in [-0.3, -0.25) is 14.7 Å². The molecule has 0 saturated carbocycles. The molecule has 0 radical (unpaired) electrons. The van der Waals surface area contributed by atoms with E-state index < -0.39 is 0 Å². The SMILES string of the molecule is Cc1cccc(C(CNC(=O)CCCc2cccnc2)N2CCOCC2)c1. The Bertz CT molecular complexity index is 715. The number of pyridine rings is 1. The van der Waals surface area contributed by atoms with Crippen molar-refractivity contribution in [2.24, 2.45) is 0 Å². The first-order valence-electron chi connectivity index (χ1n) is 9.76. The molecule has 0 bridgehead atoms. The number of carbonyl (C=O) groups excluding carboxylic acids is 1. The number of nitrogens with one attached hydrogen (secondary N) is 1. The second-order valence-electron chi connectivity index (χ2n) is 7.10. The van der Waals surface area contributed by atoms with Crippen molar-refractivity contribution in [3.63, 3.8) is 0 Å². The molecule has 1 amide bonds. The van der Waals surface area contributed by atoms with Crippen LogP contribution in [0.15, 0.2) is 48.8 Å². The summed E-state index contributed by atoms with van der Waals surface area (Å²) in [5.41, 5.74) is 3.68. The third-order valence-corrected chi connectivity index (χ3v) is 5.00. The van der Waals surface area contributed by atoms with Gasteiger partial charge in [-0.25, -0.2) is 0 Å². The molecule has 1 aromatic carbocycles. The van der Waals surface area contributed by atoms with Crippen LogP contribution in [0.4, 0.5) is 0 Å². The van der Waals surface area contributed by atoms with E-state index >= 15 is 0 Å². The van der Waals surface area contributed by atoms with E-state index in [1.807, 2.05) is 12.3 Å². The van der Waals surface area contributed by atoms with Gasteiger partial charge in [0.25, 0.3) is 0 Å². The minimum Gasteiger partial charge on any atom is -0.379 e. The van der Waals surface area contributed by atoms with E-state index in [1.165, 1.54) is 16.7 Å². The quantitative estimate of drug-likeness (QED) is 0.779. The Hall–Kier alpha value is -2.24. The number of carbonyl (C=O) groups is 1. The van der Waals surface area contributed by atoms with Gasteiger partial charge in [-0.15, -0.1) is 0 Å². The van der Waals surface area contributed by atoms with Gasteiger partial charge in [-0.2, -0.15) is 0 Å². The number of amides is 1. The van der Waals surface area contributed by atoms with Gasteiger partial charge in [-0.1, -0.05) is 35.9 Å². The highest BCUT2D eigenvalue weighted by Gasteiger charge is 2.23. The average molecular weight is 367 g/mol. The fourth-order valence-corrected chi connectivity index (χ4v) is 3.52. The van der Waals surface area contributed by atoms with Crippen molar-refractivity contribution in [3.05, 3.63) is 65.5 Å². The number of morpholine rings is 1. The van der Waals surface area contributed by atoms with Crippen LogP contribution in [0.25, 0.3) is 0 Å². The summed E-state index contributed by atoms with van der Waals surface area (Å²) in [7, 11) is 0. The first-order valence-corrected chi connectivity index (χ1v) is 9.76. The molecule has 1 aliphatic rings. The van der Waals surface area contributed by atoms with Crippen molar-refractivity contribution in [3.8, 4) is 0 Å². The highest BCUT2D eigenvalue weighted by atomic mass is 16.5. The van der Waals surface area contributed by atoms with Crippen LogP contribution in [0.1, 0.15) is 35.6 Å². The zero-order valence-corrected chi connectivity index (χ0v) is 16.1. The molecule has 5 nitrogen and oxygen atoms in total. The third-order valence-electron chi connectivity index (χ3n) is 5.00. The standard InChI is InChI=1S/C22H29N3O2/c1-18-5-2-8-20(15-18)21(25-11-13-27-14-12-25)17-24-22(26)9-3-6-19-7-4-10-23-16-19/h2,4-5,7-8,10,15-16,21H,3,6,9,11-14,17H2,1H3,(H,24,26). The maximum Gasteiger partial charge on any atom is 0.220 e. The summed E-state index contributed by atoms with van der Waals surface area (Å²) in [6.07, 6.45) is 5.89. The molecule has 1 aliphatic heterocycles. The number of hydrogen-bond donors (Lipinski definition) is 1. The first kappa shape index (κ1) is 19.5. The number of benzene rings is 1. The molecule has 0 spiro atoms. The van der Waals surface area contributed by atoms with Crippen LogP contribution < -0.4 is 5.32 Å². The topological polar surface area (TPSA) is 54.5 Å². The van der Waals surface area contributed by atoms with E-state index in [-0.39, 0.29) is 11.9 Å². The maximum atomic E-state index is 12.3. The molecule has 144 valence electrons. The zero-order chi connectivity index (χ0) is 18.9. The van der Waals surface area contributed by atoms with Crippen molar-refractivity contribution in [1.82, 2.24) is 15.2 Å². The van der Waals surface area contributed by atoms with Crippen LogP contribution in [-0.2, 0) is 16.0 Å². The van der Waals surface area contributed by atoms with E-state index in [0.29, 0.717) is 13.0 Å². The van der Waals surface area contributed by atoms with Crippen LogP contribution >= 0.6 is 0 Å². The minimum atomic E-state index is 0.116.